The van der Waals surface area contributed by atoms with Crippen molar-refractivity contribution in [1.29, 1.82) is 0 Å². The molecule has 5 rings (SSSR count). The summed E-state index contributed by atoms with van der Waals surface area (Å²) in [4.78, 5) is 5.29. The van der Waals surface area contributed by atoms with Gasteiger partial charge in [0.2, 0.25) is 15.9 Å². The molecule has 1 N–H and O–H groups in total. The third-order valence-corrected chi connectivity index (χ3v) is 7.52. The van der Waals surface area contributed by atoms with E-state index in [9.17, 15) is 8.42 Å². The molecule has 1 aliphatic rings. The van der Waals surface area contributed by atoms with E-state index >= 15 is 0 Å². The first-order valence-corrected chi connectivity index (χ1v) is 12.0. The summed E-state index contributed by atoms with van der Waals surface area (Å²) >= 11 is 0. The first-order valence-electron chi connectivity index (χ1n) is 10.5. The van der Waals surface area contributed by atoms with Gasteiger partial charge in [0.1, 0.15) is 16.3 Å². The Morgan fingerprint density at radius 3 is 2.33 bits per heavy atom. The SMILES string of the molecule is COc1ccc(N2CCN(S(=O)(=O)c3c[nH]c(-c4nnc(-c5ccccc5)o4)c3)CC2)cc1. The van der Waals surface area contributed by atoms with E-state index < -0.39 is 10.0 Å². The Labute approximate surface area is 191 Å². The Balaban J connectivity index is 1.28. The van der Waals surface area contributed by atoms with Crippen LogP contribution < -0.4 is 9.64 Å². The van der Waals surface area contributed by atoms with Crippen molar-refractivity contribution in [2.45, 2.75) is 4.90 Å². The van der Waals surface area contributed by atoms with E-state index in [1.54, 1.807) is 7.11 Å². The molecule has 0 aliphatic carbocycles. The summed E-state index contributed by atoms with van der Waals surface area (Å²) in [7, 11) is -2.01. The van der Waals surface area contributed by atoms with E-state index in [1.807, 2.05) is 54.6 Å². The fourth-order valence-corrected chi connectivity index (χ4v) is 5.22. The summed E-state index contributed by atoms with van der Waals surface area (Å²) in [5.41, 5.74) is 2.30. The smallest absolute Gasteiger partial charge is 0.264 e. The number of nitrogens with zero attached hydrogens (tertiary/aromatic N) is 4. The highest BCUT2D eigenvalue weighted by Crippen LogP contribution is 2.27. The van der Waals surface area contributed by atoms with Crippen LogP contribution in [0.2, 0.25) is 0 Å². The van der Waals surface area contributed by atoms with Crippen LogP contribution >= 0.6 is 0 Å². The number of hydrogen-bond acceptors (Lipinski definition) is 7. The second-order valence-electron chi connectivity index (χ2n) is 7.62. The molecule has 3 heterocycles. The zero-order chi connectivity index (χ0) is 22.8. The molecule has 1 saturated heterocycles. The third kappa shape index (κ3) is 4.22. The summed E-state index contributed by atoms with van der Waals surface area (Å²) in [6.07, 6.45) is 1.47. The molecule has 170 valence electrons. The fourth-order valence-electron chi connectivity index (χ4n) is 3.81. The van der Waals surface area contributed by atoms with E-state index in [0.717, 1.165) is 17.0 Å². The first-order chi connectivity index (χ1) is 16.0. The van der Waals surface area contributed by atoms with Crippen molar-refractivity contribution in [2.75, 3.05) is 38.2 Å². The number of hydrogen-bond donors (Lipinski definition) is 1. The van der Waals surface area contributed by atoms with Crippen molar-refractivity contribution in [3.63, 3.8) is 0 Å². The molecule has 0 atom stereocenters. The topological polar surface area (TPSA) is 105 Å². The zero-order valence-electron chi connectivity index (χ0n) is 18.0. The van der Waals surface area contributed by atoms with Gasteiger partial charge in [0, 0.05) is 43.6 Å². The number of nitrogens with one attached hydrogen (secondary N) is 1. The van der Waals surface area contributed by atoms with E-state index in [2.05, 4.69) is 20.1 Å². The van der Waals surface area contributed by atoms with Crippen molar-refractivity contribution in [3.05, 3.63) is 66.9 Å². The molecule has 0 unspecified atom stereocenters. The molecule has 0 spiro atoms. The van der Waals surface area contributed by atoms with Gasteiger partial charge in [-0.25, -0.2) is 8.42 Å². The fraction of sp³-hybridized carbons (Fsp3) is 0.217. The normalized spacial score (nSPS) is 15.0. The summed E-state index contributed by atoms with van der Waals surface area (Å²) in [6, 6.07) is 18.7. The van der Waals surface area contributed by atoms with Crippen LogP contribution in [-0.4, -0.2) is 61.2 Å². The summed E-state index contributed by atoms with van der Waals surface area (Å²) in [5.74, 6) is 1.40. The minimum absolute atomic E-state index is 0.176. The van der Waals surface area contributed by atoms with Gasteiger partial charge < -0.3 is 19.0 Å². The van der Waals surface area contributed by atoms with Gasteiger partial charge in [-0.2, -0.15) is 4.31 Å². The summed E-state index contributed by atoms with van der Waals surface area (Å²) in [6.45, 7) is 2.00. The maximum atomic E-state index is 13.2. The van der Waals surface area contributed by atoms with E-state index in [4.69, 9.17) is 9.15 Å². The maximum absolute atomic E-state index is 13.2. The number of aromatic amines is 1. The average molecular weight is 466 g/mol. The van der Waals surface area contributed by atoms with Gasteiger partial charge in [0.05, 0.1) is 7.11 Å². The van der Waals surface area contributed by atoms with Crippen molar-refractivity contribution in [1.82, 2.24) is 19.5 Å². The lowest BCUT2D eigenvalue weighted by atomic mass is 10.2. The molecule has 2 aromatic heterocycles. The van der Waals surface area contributed by atoms with Crippen molar-refractivity contribution in [2.24, 2.45) is 0 Å². The third-order valence-electron chi connectivity index (χ3n) is 5.65. The lowest BCUT2D eigenvalue weighted by molar-refractivity contribution is 0.385. The highest BCUT2D eigenvalue weighted by atomic mass is 32.2. The molecule has 0 radical (unpaired) electrons. The van der Waals surface area contributed by atoms with E-state index in [-0.39, 0.29) is 10.8 Å². The van der Waals surface area contributed by atoms with Crippen LogP contribution in [0.1, 0.15) is 0 Å². The molecule has 0 saturated carbocycles. The lowest BCUT2D eigenvalue weighted by Gasteiger charge is -2.35. The molecular weight excluding hydrogens is 442 g/mol. The highest BCUT2D eigenvalue weighted by molar-refractivity contribution is 7.89. The van der Waals surface area contributed by atoms with Crippen LogP contribution in [0.4, 0.5) is 5.69 Å². The second kappa shape index (κ2) is 8.72. The molecule has 4 aromatic rings. The molecule has 33 heavy (non-hydrogen) atoms. The van der Waals surface area contributed by atoms with Crippen molar-refractivity contribution >= 4 is 15.7 Å². The van der Waals surface area contributed by atoms with Gasteiger partial charge in [0.25, 0.3) is 5.89 Å². The van der Waals surface area contributed by atoms with Crippen LogP contribution in [-0.2, 0) is 10.0 Å². The van der Waals surface area contributed by atoms with Crippen LogP contribution in [0, 0.1) is 0 Å². The van der Waals surface area contributed by atoms with Crippen LogP contribution in [0.25, 0.3) is 23.0 Å². The average Bonchev–Trinajstić information content (AvgIpc) is 3.55. The Morgan fingerprint density at radius 1 is 0.939 bits per heavy atom. The van der Waals surface area contributed by atoms with Crippen molar-refractivity contribution in [3.8, 4) is 28.8 Å². The number of ether oxygens (including phenoxy) is 1. The van der Waals surface area contributed by atoms with Crippen molar-refractivity contribution < 1.29 is 17.6 Å². The molecular formula is C23H23N5O4S. The molecule has 9 nitrogen and oxygen atoms in total. The number of H-pyrrole nitrogens is 1. The maximum Gasteiger partial charge on any atom is 0.264 e. The first kappa shape index (κ1) is 21.2. The van der Waals surface area contributed by atoms with Gasteiger partial charge in [0.15, 0.2) is 0 Å². The zero-order valence-corrected chi connectivity index (χ0v) is 18.8. The number of anilines is 1. The van der Waals surface area contributed by atoms with Crippen LogP contribution in [0.5, 0.6) is 5.75 Å². The number of aromatic nitrogens is 3. The molecule has 1 fully saturated rings. The number of piperazine rings is 1. The largest absolute Gasteiger partial charge is 0.497 e. The van der Waals surface area contributed by atoms with E-state index in [0.29, 0.717) is 37.8 Å². The van der Waals surface area contributed by atoms with Gasteiger partial charge in [-0.3, -0.25) is 0 Å². The molecule has 2 aromatic carbocycles. The predicted octanol–water partition coefficient (Wildman–Crippen LogP) is 3.25. The van der Waals surface area contributed by atoms with Gasteiger partial charge in [-0.05, 0) is 42.5 Å². The van der Waals surface area contributed by atoms with Crippen LogP contribution in [0.3, 0.4) is 0 Å². The second-order valence-corrected chi connectivity index (χ2v) is 9.55. The molecule has 1 aliphatic heterocycles. The monoisotopic (exact) mass is 465 g/mol. The minimum Gasteiger partial charge on any atom is -0.497 e. The number of benzene rings is 2. The van der Waals surface area contributed by atoms with E-state index in [1.165, 1.54) is 16.6 Å². The number of sulfonamides is 1. The Hall–Kier alpha value is -3.63. The van der Waals surface area contributed by atoms with Gasteiger partial charge in [-0.1, -0.05) is 18.2 Å². The lowest BCUT2D eigenvalue weighted by Crippen LogP contribution is -2.48. The van der Waals surface area contributed by atoms with Crippen LogP contribution in [0.15, 0.2) is 76.2 Å². The standard InChI is InChI=1S/C23H23N5O4S/c1-31-19-9-7-18(8-10-19)27-11-13-28(14-12-27)33(29,30)20-15-21(24-16-20)23-26-25-22(32-23)17-5-3-2-4-6-17/h2-10,15-16,24H,11-14H2,1H3. The minimum atomic E-state index is -3.65. The summed E-state index contributed by atoms with van der Waals surface area (Å²) in [5, 5.41) is 8.12. The molecule has 10 heteroatoms. The predicted molar refractivity (Wildman–Crippen MR) is 123 cm³/mol. The van der Waals surface area contributed by atoms with Gasteiger partial charge >= 0.3 is 0 Å². The molecule has 0 bridgehead atoms. The Morgan fingerprint density at radius 2 is 1.64 bits per heavy atom. The number of rotatable bonds is 6. The quantitative estimate of drug-likeness (QED) is 0.466. The molecule has 0 amide bonds. The summed E-state index contributed by atoms with van der Waals surface area (Å²) < 4.78 is 38.8. The number of methoxy groups -OCH3 is 1. The highest BCUT2D eigenvalue weighted by Gasteiger charge is 2.30. The Bertz CT molecular complexity index is 1320. The van der Waals surface area contributed by atoms with Gasteiger partial charge in [-0.15, -0.1) is 10.2 Å². The Kier molecular flexibility index (Phi) is 5.61.